The summed E-state index contributed by atoms with van der Waals surface area (Å²) in [7, 11) is 1.57. The second kappa shape index (κ2) is 8.14. The molecule has 0 aromatic heterocycles. The molecule has 27 heavy (non-hydrogen) atoms. The van der Waals surface area contributed by atoms with Crippen LogP contribution < -0.4 is 15.5 Å². The molecule has 0 aliphatic heterocycles. The van der Waals surface area contributed by atoms with E-state index in [4.69, 9.17) is 4.74 Å². The standard InChI is InChI=1S/C21H19N3O3/c1-14-7-3-6-10-18(14)23-20(25)21(26)24-22-13-17-16-9-5-4-8-15(16)11-12-19(17)27-2/h3-13H,1-2H3,(H,23,25)(H,24,26)/b22-13-. The quantitative estimate of drug-likeness (QED) is 0.425. The Bertz CT molecular complexity index is 1030. The van der Waals surface area contributed by atoms with Crippen LogP contribution in [0.1, 0.15) is 11.1 Å². The van der Waals surface area contributed by atoms with E-state index in [1.807, 2.05) is 55.5 Å². The molecule has 0 bridgehead atoms. The lowest BCUT2D eigenvalue weighted by Gasteiger charge is -2.08. The second-order valence-corrected chi connectivity index (χ2v) is 5.87. The maximum absolute atomic E-state index is 12.0. The summed E-state index contributed by atoms with van der Waals surface area (Å²) in [5, 5.41) is 8.43. The third kappa shape index (κ3) is 4.12. The van der Waals surface area contributed by atoms with Crippen LogP contribution in [0, 0.1) is 6.92 Å². The van der Waals surface area contributed by atoms with Gasteiger partial charge in [0.2, 0.25) is 0 Å². The number of anilines is 1. The topological polar surface area (TPSA) is 79.8 Å². The van der Waals surface area contributed by atoms with Crippen molar-refractivity contribution in [1.29, 1.82) is 0 Å². The SMILES string of the molecule is COc1ccc2ccccc2c1/C=N\NC(=O)C(=O)Nc1ccccc1C. The molecule has 6 nitrogen and oxygen atoms in total. The van der Waals surface area contributed by atoms with Crippen molar-refractivity contribution < 1.29 is 14.3 Å². The van der Waals surface area contributed by atoms with Crippen molar-refractivity contribution in [2.75, 3.05) is 12.4 Å². The molecule has 3 rings (SSSR count). The Morgan fingerprint density at radius 1 is 0.963 bits per heavy atom. The van der Waals surface area contributed by atoms with Gasteiger partial charge < -0.3 is 10.1 Å². The van der Waals surface area contributed by atoms with E-state index in [2.05, 4.69) is 15.8 Å². The number of nitrogens with one attached hydrogen (secondary N) is 2. The number of hydrogen-bond donors (Lipinski definition) is 2. The van der Waals surface area contributed by atoms with Crippen LogP contribution in [0.5, 0.6) is 5.75 Å². The molecule has 0 radical (unpaired) electrons. The van der Waals surface area contributed by atoms with Gasteiger partial charge in [-0.25, -0.2) is 5.43 Å². The van der Waals surface area contributed by atoms with Crippen LogP contribution >= 0.6 is 0 Å². The van der Waals surface area contributed by atoms with E-state index in [-0.39, 0.29) is 0 Å². The third-order valence-corrected chi connectivity index (χ3v) is 4.11. The van der Waals surface area contributed by atoms with Gasteiger partial charge in [-0.2, -0.15) is 5.10 Å². The minimum atomic E-state index is -0.853. The van der Waals surface area contributed by atoms with E-state index in [0.717, 1.165) is 21.9 Å². The molecule has 2 N–H and O–H groups in total. The predicted octanol–water partition coefficient (Wildman–Crippen LogP) is 3.25. The van der Waals surface area contributed by atoms with Gasteiger partial charge in [-0.05, 0) is 35.4 Å². The molecular weight excluding hydrogens is 342 g/mol. The van der Waals surface area contributed by atoms with Gasteiger partial charge in [-0.1, -0.05) is 48.5 Å². The van der Waals surface area contributed by atoms with Crippen LogP contribution in [0.15, 0.2) is 65.8 Å². The summed E-state index contributed by atoms with van der Waals surface area (Å²) in [6, 6.07) is 18.7. The van der Waals surface area contributed by atoms with Crippen LogP contribution in [-0.2, 0) is 9.59 Å². The molecule has 0 spiro atoms. The molecule has 0 aliphatic rings. The first-order valence-corrected chi connectivity index (χ1v) is 8.36. The first kappa shape index (κ1) is 18.1. The van der Waals surface area contributed by atoms with Crippen LogP contribution in [0.4, 0.5) is 5.69 Å². The van der Waals surface area contributed by atoms with Crippen molar-refractivity contribution >= 4 is 34.5 Å². The molecule has 0 atom stereocenters. The Hall–Kier alpha value is -3.67. The van der Waals surface area contributed by atoms with Crippen molar-refractivity contribution in [3.05, 3.63) is 71.8 Å². The van der Waals surface area contributed by atoms with Gasteiger partial charge in [0.1, 0.15) is 5.75 Å². The Kier molecular flexibility index (Phi) is 5.47. The minimum absolute atomic E-state index is 0.581. The monoisotopic (exact) mass is 361 g/mol. The van der Waals surface area contributed by atoms with E-state index in [1.54, 1.807) is 19.2 Å². The van der Waals surface area contributed by atoms with Crippen molar-refractivity contribution in [2.24, 2.45) is 5.10 Å². The summed E-state index contributed by atoms with van der Waals surface area (Å²) in [5.41, 5.74) is 4.41. The second-order valence-electron chi connectivity index (χ2n) is 5.87. The lowest BCUT2D eigenvalue weighted by molar-refractivity contribution is -0.136. The first-order valence-electron chi connectivity index (χ1n) is 8.36. The van der Waals surface area contributed by atoms with E-state index in [9.17, 15) is 9.59 Å². The molecular formula is C21H19N3O3. The Morgan fingerprint density at radius 2 is 1.70 bits per heavy atom. The zero-order valence-corrected chi connectivity index (χ0v) is 15.0. The van der Waals surface area contributed by atoms with Crippen molar-refractivity contribution in [3.8, 4) is 5.75 Å². The summed E-state index contributed by atoms with van der Waals surface area (Å²) in [6.07, 6.45) is 1.47. The minimum Gasteiger partial charge on any atom is -0.496 e. The highest BCUT2D eigenvalue weighted by Crippen LogP contribution is 2.26. The molecule has 0 saturated heterocycles. The van der Waals surface area contributed by atoms with Gasteiger partial charge in [0, 0.05) is 11.3 Å². The molecule has 0 unspecified atom stereocenters. The molecule has 136 valence electrons. The highest BCUT2D eigenvalue weighted by molar-refractivity contribution is 6.39. The fourth-order valence-electron chi connectivity index (χ4n) is 2.69. The molecule has 6 heteroatoms. The highest BCUT2D eigenvalue weighted by Gasteiger charge is 2.14. The van der Waals surface area contributed by atoms with Gasteiger partial charge in [0.05, 0.1) is 13.3 Å². The van der Waals surface area contributed by atoms with E-state index < -0.39 is 11.8 Å². The van der Waals surface area contributed by atoms with E-state index in [0.29, 0.717) is 11.4 Å². The average Bonchev–Trinajstić information content (AvgIpc) is 2.69. The molecule has 3 aromatic rings. The van der Waals surface area contributed by atoms with Gasteiger partial charge in [0.25, 0.3) is 0 Å². The van der Waals surface area contributed by atoms with Crippen LogP contribution in [-0.4, -0.2) is 25.1 Å². The van der Waals surface area contributed by atoms with Crippen LogP contribution in [0.25, 0.3) is 10.8 Å². The number of methoxy groups -OCH3 is 1. The van der Waals surface area contributed by atoms with Crippen LogP contribution in [0.3, 0.4) is 0 Å². The molecule has 3 aromatic carbocycles. The molecule has 0 fully saturated rings. The van der Waals surface area contributed by atoms with E-state index >= 15 is 0 Å². The summed E-state index contributed by atoms with van der Waals surface area (Å²) < 4.78 is 5.37. The number of carbonyl (C=O) groups excluding carboxylic acids is 2. The normalized spacial score (nSPS) is 10.7. The zero-order chi connectivity index (χ0) is 19.2. The Morgan fingerprint density at radius 3 is 2.48 bits per heavy atom. The number of rotatable bonds is 4. The zero-order valence-electron chi connectivity index (χ0n) is 15.0. The smallest absolute Gasteiger partial charge is 0.329 e. The van der Waals surface area contributed by atoms with Crippen molar-refractivity contribution in [3.63, 3.8) is 0 Å². The lowest BCUT2D eigenvalue weighted by Crippen LogP contribution is -2.32. The number of fused-ring (bicyclic) bond motifs is 1. The largest absolute Gasteiger partial charge is 0.496 e. The number of aryl methyl sites for hydroxylation is 1. The summed E-state index contributed by atoms with van der Waals surface area (Å²) in [4.78, 5) is 24.0. The van der Waals surface area contributed by atoms with E-state index in [1.165, 1.54) is 6.21 Å². The number of amides is 2. The third-order valence-electron chi connectivity index (χ3n) is 4.11. The van der Waals surface area contributed by atoms with Crippen LogP contribution in [0.2, 0.25) is 0 Å². The van der Waals surface area contributed by atoms with Crippen molar-refractivity contribution in [2.45, 2.75) is 6.92 Å². The number of nitrogens with zero attached hydrogens (tertiary/aromatic N) is 1. The summed E-state index contributed by atoms with van der Waals surface area (Å²) in [6.45, 7) is 1.85. The van der Waals surface area contributed by atoms with Crippen molar-refractivity contribution in [1.82, 2.24) is 5.43 Å². The maximum Gasteiger partial charge on any atom is 0.329 e. The van der Waals surface area contributed by atoms with Gasteiger partial charge in [0.15, 0.2) is 0 Å². The number of carbonyl (C=O) groups is 2. The van der Waals surface area contributed by atoms with Gasteiger partial charge in [-0.15, -0.1) is 0 Å². The number of hydrazone groups is 1. The fourth-order valence-corrected chi connectivity index (χ4v) is 2.69. The fraction of sp³-hybridized carbons (Fsp3) is 0.0952. The predicted molar refractivity (Wildman–Crippen MR) is 106 cm³/mol. The summed E-state index contributed by atoms with van der Waals surface area (Å²) >= 11 is 0. The Balaban J connectivity index is 1.74. The van der Waals surface area contributed by atoms with Gasteiger partial charge >= 0.3 is 11.8 Å². The molecule has 0 heterocycles. The number of benzene rings is 3. The average molecular weight is 361 g/mol. The number of hydrogen-bond acceptors (Lipinski definition) is 4. The number of ether oxygens (including phenoxy) is 1. The number of para-hydroxylation sites is 1. The lowest BCUT2D eigenvalue weighted by atomic mass is 10.0. The maximum atomic E-state index is 12.0. The highest BCUT2D eigenvalue weighted by atomic mass is 16.5. The molecule has 0 saturated carbocycles. The molecule has 0 aliphatic carbocycles. The summed E-state index contributed by atoms with van der Waals surface area (Å²) in [5.74, 6) is -1.02. The Labute approximate surface area is 156 Å². The molecule has 2 amide bonds. The van der Waals surface area contributed by atoms with Gasteiger partial charge in [-0.3, -0.25) is 9.59 Å². The first-order chi connectivity index (χ1) is 13.1.